The van der Waals surface area contributed by atoms with E-state index >= 15 is 0 Å². The number of aryl methyl sites for hydroxylation is 1. The lowest BCUT2D eigenvalue weighted by atomic mass is 10.4. The largest absolute Gasteiger partial charge is 0.480 e. The van der Waals surface area contributed by atoms with Crippen LogP contribution in [0, 0.1) is 6.92 Å². The van der Waals surface area contributed by atoms with Gasteiger partial charge in [0.25, 0.3) is 0 Å². The summed E-state index contributed by atoms with van der Waals surface area (Å²) in [5.74, 6) is -1.04. The van der Waals surface area contributed by atoms with E-state index in [2.05, 4.69) is 15.3 Å². The normalized spacial score (nSPS) is 9.89. The van der Waals surface area contributed by atoms with Crippen LogP contribution < -0.4 is 5.32 Å². The summed E-state index contributed by atoms with van der Waals surface area (Å²) in [6.07, 6.45) is 3.18. The minimum atomic E-state index is -1.04. The zero-order valence-corrected chi connectivity index (χ0v) is 10.4. The standard InChI is InChI=1S/C11H16N4O3/c1-3-15(7-10(16)17)11(18)14-6-9-5-12-8(2)4-13-9/h4-5H,3,6-7H2,1-2H3,(H,14,18)(H,16,17). The second-order valence-electron chi connectivity index (χ2n) is 3.72. The molecule has 0 bridgehead atoms. The molecule has 2 N–H and O–H groups in total. The van der Waals surface area contributed by atoms with Gasteiger partial charge in [-0.15, -0.1) is 0 Å². The van der Waals surface area contributed by atoms with Crippen molar-refractivity contribution in [3.05, 3.63) is 23.8 Å². The Hall–Kier alpha value is -2.18. The summed E-state index contributed by atoms with van der Waals surface area (Å²) in [6, 6.07) is -0.428. The van der Waals surface area contributed by atoms with Gasteiger partial charge in [-0.3, -0.25) is 14.8 Å². The zero-order valence-electron chi connectivity index (χ0n) is 10.4. The van der Waals surface area contributed by atoms with Crippen molar-refractivity contribution in [2.75, 3.05) is 13.1 Å². The second kappa shape index (κ2) is 6.53. The summed E-state index contributed by atoms with van der Waals surface area (Å²) < 4.78 is 0. The fourth-order valence-electron chi connectivity index (χ4n) is 1.28. The number of nitrogens with zero attached hydrogens (tertiary/aromatic N) is 3. The molecule has 1 aromatic heterocycles. The van der Waals surface area contributed by atoms with Gasteiger partial charge in [-0.2, -0.15) is 0 Å². The molecule has 0 unspecified atom stereocenters. The molecule has 2 amide bonds. The quantitative estimate of drug-likeness (QED) is 0.791. The van der Waals surface area contributed by atoms with Gasteiger partial charge in [0.05, 0.1) is 24.1 Å². The van der Waals surface area contributed by atoms with Gasteiger partial charge in [-0.25, -0.2) is 4.79 Å². The maximum absolute atomic E-state index is 11.7. The number of hydrogen-bond acceptors (Lipinski definition) is 4. The van der Waals surface area contributed by atoms with Crippen molar-refractivity contribution >= 4 is 12.0 Å². The Morgan fingerprint density at radius 2 is 2.11 bits per heavy atom. The molecule has 0 atom stereocenters. The van der Waals surface area contributed by atoms with Crippen molar-refractivity contribution in [2.45, 2.75) is 20.4 Å². The number of amides is 2. The van der Waals surface area contributed by atoms with E-state index in [0.29, 0.717) is 12.2 Å². The van der Waals surface area contributed by atoms with E-state index in [1.54, 1.807) is 19.3 Å². The number of urea groups is 1. The molecule has 7 heteroatoms. The Bertz CT molecular complexity index is 419. The maximum atomic E-state index is 11.7. The lowest BCUT2D eigenvalue weighted by Crippen LogP contribution is -2.42. The molecule has 0 saturated carbocycles. The van der Waals surface area contributed by atoms with Crippen LogP contribution >= 0.6 is 0 Å². The molecule has 0 saturated heterocycles. The first-order valence-electron chi connectivity index (χ1n) is 5.55. The molecule has 1 rings (SSSR count). The number of aromatic nitrogens is 2. The number of aliphatic carboxylic acids is 1. The van der Waals surface area contributed by atoms with Gasteiger partial charge >= 0.3 is 12.0 Å². The van der Waals surface area contributed by atoms with Crippen LogP contribution in [0.1, 0.15) is 18.3 Å². The third-order valence-corrected chi connectivity index (χ3v) is 2.25. The molecule has 18 heavy (non-hydrogen) atoms. The smallest absolute Gasteiger partial charge is 0.323 e. The number of carboxylic acids is 1. The summed E-state index contributed by atoms with van der Waals surface area (Å²) in [4.78, 5) is 31.5. The van der Waals surface area contributed by atoms with E-state index in [0.717, 1.165) is 5.69 Å². The van der Waals surface area contributed by atoms with Gasteiger partial charge in [-0.05, 0) is 13.8 Å². The van der Waals surface area contributed by atoms with Crippen LogP contribution in [0.4, 0.5) is 4.79 Å². The molecule has 1 aromatic rings. The van der Waals surface area contributed by atoms with Crippen LogP contribution in [-0.2, 0) is 11.3 Å². The number of hydrogen-bond donors (Lipinski definition) is 2. The predicted molar refractivity (Wildman–Crippen MR) is 63.9 cm³/mol. The topological polar surface area (TPSA) is 95.4 Å². The van der Waals surface area contributed by atoms with E-state index in [1.807, 2.05) is 6.92 Å². The molecule has 0 spiro atoms. The van der Waals surface area contributed by atoms with Crippen LogP contribution in [0.3, 0.4) is 0 Å². The number of carbonyl (C=O) groups is 2. The van der Waals surface area contributed by atoms with Crippen LogP contribution in [0.5, 0.6) is 0 Å². The van der Waals surface area contributed by atoms with E-state index in [1.165, 1.54) is 4.90 Å². The number of nitrogens with one attached hydrogen (secondary N) is 1. The molecule has 1 heterocycles. The van der Waals surface area contributed by atoms with Crippen molar-refractivity contribution in [3.8, 4) is 0 Å². The van der Waals surface area contributed by atoms with Crippen molar-refractivity contribution in [1.82, 2.24) is 20.2 Å². The fraction of sp³-hybridized carbons (Fsp3) is 0.455. The van der Waals surface area contributed by atoms with Gasteiger partial charge < -0.3 is 15.3 Å². The van der Waals surface area contributed by atoms with E-state index < -0.39 is 12.0 Å². The molecule has 98 valence electrons. The summed E-state index contributed by atoms with van der Waals surface area (Å²) >= 11 is 0. The summed E-state index contributed by atoms with van der Waals surface area (Å²) in [5, 5.41) is 11.2. The Morgan fingerprint density at radius 3 is 2.61 bits per heavy atom. The Kier molecular flexibility index (Phi) is 5.04. The molecule has 7 nitrogen and oxygen atoms in total. The summed E-state index contributed by atoms with van der Waals surface area (Å²) in [6.45, 7) is 3.77. The van der Waals surface area contributed by atoms with Gasteiger partial charge in [0, 0.05) is 12.7 Å². The van der Waals surface area contributed by atoms with Gasteiger partial charge in [0.15, 0.2) is 0 Å². The maximum Gasteiger partial charge on any atom is 0.323 e. The molecule has 0 aliphatic carbocycles. The fourth-order valence-corrected chi connectivity index (χ4v) is 1.28. The minimum absolute atomic E-state index is 0.224. The Balaban J connectivity index is 2.49. The molecule has 0 aliphatic rings. The number of rotatable bonds is 5. The molecule has 0 aliphatic heterocycles. The predicted octanol–water partition coefficient (Wildman–Crippen LogP) is 0.401. The van der Waals surface area contributed by atoms with Crippen molar-refractivity contribution in [2.24, 2.45) is 0 Å². The average Bonchev–Trinajstić information content (AvgIpc) is 2.34. The van der Waals surface area contributed by atoms with Crippen molar-refractivity contribution in [1.29, 1.82) is 0 Å². The van der Waals surface area contributed by atoms with Crippen LogP contribution in [0.2, 0.25) is 0 Å². The highest BCUT2D eigenvalue weighted by atomic mass is 16.4. The average molecular weight is 252 g/mol. The number of carboxylic acid groups (broad SMARTS) is 1. The summed E-state index contributed by atoms with van der Waals surface area (Å²) in [7, 11) is 0. The van der Waals surface area contributed by atoms with Crippen LogP contribution in [0.15, 0.2) is 12.4 Å². The highest BCUT2D eigenvalue weighted by molar-refractivity contribution is 5.79. The Labute approximate surface area is 105 Å². The highest BCUT2D eigenvalue weighted by Gasteiger charge is 2.14. The third-order valence-electron chi connectivity index (χ3n) is 2.25. The first-order chi connectivity index (χ1) is 8.52. The summed E-state index contributed by atoms with van der Waals surface area (Å²) in [5.41, 5.74) is 1.42. The van der Waals surface area contributed by atoms with Crippen LogP contribution in [0.25, 0.3) is 0 Å². The molecule has 0 radical (unpaired) electrons. The lowest BCUT2D eigenvalue weighted by molar-refractivity contribution is -0.137. The van der Waals surface area contributed by atoms with Gasteiger partial charge in [0.1, 0.15) is 6.54 Å². The number of likely N-dealkylation sites (N-methyl/N-ethyl adjacent to an activating group) is 1. The first kappa shape index (κ1) is 13.9. The first-order valence-corrected chi connectivity index (χ1v) is 5.55. The molecular formula is C11H16N4O3. The van der Waals surface area contributed by atoms with Gasteiger partial charge in [-0.1, -0.05) is 0 Å². The molecular weight excluding hydrogens is 236 g/mol. The van der Waals surface area contributed by atoms with Crippen molar-refractivity contribution in [3.63, 3.8) is 0 Å². The minimum Gasteiger partial charge on any atom is -0.480 e. The molecule has 0 fully saturated rings. The highest BCUT2D eigenvalue weighted by Crippen LogP contribution is 1.95. The second-order valence-corrected chi connectivity index (χ2v) is 3.72. The van der Waals surface area contributed by atoms with Gasteiger partial charge in [0.2, 0.25) is 0 Å². The third kappa shape index (κ3) is 4.36. The monoisotopic (exact) mass is 252 g/mol. The van der Waals surface area contributed by atoms with E-state index in [4.69, 9.17) is 5.11 Å². The molecule has 0 aromatic carbocycles. The van der Waals surface area contributed by atoms with Crippen LogP contribution in [-0.4, -0.2) is 45.1 Å². The van der Waals surface area contributed by atoms with E-state index in [9.17, 15) is 9.59 Å². The SMILES string of the molecule is CCN(CC(=O)O)C(=O)NCc1cnc(C)cn1. The zero-order chi connectivity index (χ0) is 13.5. The Morgan fingerprint density at radius 1 is 1.39 bits per heavy atom. The van der Waals surface area contributed by atoms with Crippen molar-refractivity contribution < 1.29 is 14.7 Å². The number of carbonyl (C=O) groups excluding carboxylic acids is 1. The lowest BCUT2D eigenvalue weighted by Gasteiger charge is -2.18. The van der Waals surface area contributed by atoms with E-state index in [-0.39, 0.29) is 13.1 Å².